The highest BCUT2D eigenvalue weighted by Crippen LogP contribution is 2.39. The van der Waals surface area contributed by atoms with Crippen LogP contribution in [0.25, 0.3) is 0 Å². The molecule has 0 aliphatic carbocycles. The lowest BCUT2D eigenvalue weighted by molar-refractivity contribution is -0.138. The Kier molecular flexibility index (Phi) is 7.82. The van der Waals surface area contributed by atoms with E-state index >= 15 is 4.39 Å². The molecule has 2 aliphatic rings. The number of methoxy groups -OCH3 is 1. The number of allylic oxidation sites excluding steroid dienone is 2. The first kappa shape index (κ1) is 26.6. The number of benzene rings is 1. The van der Waals surface area contributed by atoms with Gasteiger partial charge < -0.3 is 9.30 Å². The molecule has 1 aromatic heterocycles. The third-order valence-electron chi connectivity index (χ3n) is 6.56. The van der Waals surface area contributed by atoms with E-state index in [1.165, 1.54) is 36.4 Å². The second-order valence-electron chi connectivity index (χ2n) is 9.25. The van der Waals surface area contributed by atoms with Crippen LogP contribution in [0.1, 0.15) is 55.0 Å². The molecule has 1 saturated heterocycles. The van der Waals surface area contributed by atoms with Gasteiger partial charge in [0.1, 0.15) is 11.9 Å². The van der Waals surface area contributed by atoms with Crippen LogP contribution in [-0.2, 0) is 10.9 Å². The first-order valence-corrected chi connectivity index (χ1v) is 12.0. The number of hydrogen-bond acceptors (Lipinski definition) is 5. The number of aromatic nitrogens is 2. The summed E-state index contributed by atoms with van der Waals surface area (Å²) in [4.78, 5) is 12.8. The number of rotatable bonds is 5. The molecule has 0 saturated carbocycles. The summed E-state index contributed by atoms with van der Waals surface area (Å²) in [5, 5.41) is 1.23. The van der Waals surface area contributed by atoms with Crippen molar-refractivity contribution < 1.29 is 22.3 Å². The molecule has 1 aromatic carbocycles. The lowest BCUT2D eigenvalue weighted by Gasteiger charge is -2.33. The predicted molar refractivity (Wildman–Crippen MR) is 133 cm³/mol. The number of aliphatic imine (C=N–C) groups is 2. The molecular formula is C26H30F4N6O. The van der Waals surface area contributed by atoms with E-state index in [-0.39, 0.29) is 29.8 Å². The predicted octanol–water partition coefficient (Wildman–Crippen LogP) is 5.68. The van der Waals surface area contributed by atoms with Crippen molar-refractivity contribution in [3.8, 4) is 0 Å². The molecule has 7 nitrogen and oxygen atoms in total. The third-order valence-corrected chi connectivity index (χ3v) is 6.56. The Bertz CT molecular complexity index is 1250. The first-order valence-electron chi connectivity index (χ1n) is 12.0. The molecule has 198 valence electrons. The third kappa shape index (κ3) is 5.93. The van der Waals surface area contributed by atoms with Crippen LogP contribution in [0, 0.1) is 12.8 Å². The van der Waals surface area contributed by atoms with Gasteiger partial charge in [0.2, 0.25) is 11.8 Å². The van der Waals surface area contributed by atoms with Crippen LogP contribution in [0.15, 0.2) is 70.6 Å². The van der Waals surface area contributed by atoms with E-state index in [1.807, 2.05) is 30.7 Å². The normalized spacial score (nSPS) is 24.2. The van der Waals surface area contributed by atoms with Crippen LogP contribution < -0.4 is 5.84 Å². The summed E-state index contributed by atoms with van der Waals surface area (Å²) in [6.07, 6.45) is 3.33. The molecule has 3 unspecified atom stereocenters. The summed E-state index contributed by atoms with van der Waals surface area (Å²) < 4.78 is 63.4. The zero-order valence-corrected chi connectivity index (χ0v) is 20.9. The SMILES string of the molecule is COC1=NC(C/C=C(\F)N=C2C(c3ccccc3C(F)(F)F)CCCN2N)=CC(C)C1n1cnc(C)c1. The van der Waals surface area contributed by atoms with Crippen molar-refractivity contribution in [3.05, 3.63) is 77.4 Å². The van der Waals surface area contributed by atoms with Crippen LogP contribution in [0.5, 0.6) is 0 Å². The topological polar surface area (TPSA) is 81.0 Å². The van der Waals surface area contributed by atoms with Gasteiger partial charge in [-0.2, -0.15) is 17.6 Å². The Morgan fingerprint density at radius 2 is 2.05 bits per heavy atom. The maximum absolute atomic E-state index is 15.0. The summed E-state index contributed by atoms with van der Waals surface area (Å²) in [6.45, 7) is 4.27. The summed E-state index contributed by atoms with van der Waals surface area (Å²) in [5.41, 5.74) is 0.739. The Morgan fingerprint density at radius 3 is 2.73 bits per heavy atom. The number of aryl methyl sites for hydroxylation is 1. The van der Waals surface area contributed by atoms with E-state index in [9.17, 15) is 13.2 Å². The van der Waals surface area contributed by atoms with Crippen LogP contribution in [-0.4, -0.2) is 39.9 Å². The van der Waals surface area contributed by atoms with Gasteiger partial charge in [0.25, 0.3) is 0 Å². The fourth-order valence-electron chi connectivity index (χ4n) is 4.89. The highest BCUT2D eigenvalue weighted by Gasteiger charge is 2.38. The molecule has 2 N–H and O–H groups in total. The summed E-state index contributed by atoms with van der Waals surface area (Å²) in [7, 11) is 1.53. The minimum atomic E-state index is -4.54. The van der Waals surface area contributed by atoms with Crippen molar-refractivity contribution in [2.75, 3.05) is 13.7 Å². The van der Waals surface area contributed by atoms with E-state index in [1.54, 1.807) is 6.33 Å². The quantitative estimate of drug-likeness (QED) is 0.314. The van der Waals surface area contributed by atoms with E-state index in [0.717, 1.165) is 11.8 Å². The van der Waals surface area contributed by atoms with Gasteiger partial charge in [0.15, 0.2) is 0 Å². The minimum absolute atomic E-state index is 0.0000431. The van der Waals surface area contributed by atoms with Crippen LogP contribution in [0.4, 0.5) is 17.6 Å². The average Bonchev–Trinajstić information content (AvgIpc) is 3.28. The smallest absolute Gasteiger partial charge is 0.416 e. The number of alkyl halides is 3. The molecule has 0 spiro atoms. The molecule has 11 heteroatoms. The lowest BCUT2D eigenvalue weighted by Crippen LogP contribution is -2.45. The van der Waals surface area contributed by atoms with Gasteiger partial charge >= 0.3 is 6.18 Å². The van der Waals surface area contributed by atoms with Crippen LogP contribution >= 0.6 is 0 Å². The number of piperidine rings is 1. The van der Waals surface area contributed by atoms with Gasteiger partial charge in [0.05, 0.1) is 24.7 Å². The van der Waals surface area contributed by atoms with E-state index in [4.69, 9.17) is 10.6 Å². The number of nitrogens with zero attached hydrogens (tertiary/aromatic N) is 5. The van der Waals surface area contributed by atoms with Crippen LogP contribution in [0.2, 0.25) is 0 Å². The molecule has 37 heavy (non-hydrogen) atoms. The summed E-state index contributed by atoms with van der Waals surface area (Å²) >= 11 is 0. The highest BCUT2D eigenvalue weighted by molar-refractivity contribution is 5.90. The van der Waals surface area contributed by atoms with Gasteiger partial charge in [0, 0.05) is 36.7 Å². The Hall–Kier alpha value is -3.47. The van der Waals surface area contributed by atoms with Crippen LogP contribution in [0.3, 0.4) is 0 Å². The molecule has 2 aliphatic heterocycles. The number of hydrazine groups is 1. The minimum Gasteiger partial charge on any atom is -0.483 e. The van der Waals surface area contributed by atoms with Crippen molar-refractivity contribution in [1.29, 1.82) is 0 Å². The van der Waals surface area contributed by atoms with Crippen molar-refractivity contribution in [3.63, 3.8) is 0 Å². The molecule has 4 rings (SSSR count). The molecular weight excluding hydrogens is 488 g/mol. The second-order valence-corrected chi connectivity index (χ2v) is 9.25. The molecule has 0 bridgehead atoms. The highest BCUT2D eigenvalue weighted by atomic mass is 19.4. The average molecular weight is 519 g/mol. The van der Waals surface area contributed by atoms with Crippen molar-refractivity contribution in [2.24, 2.45) is 21.7 Å². The number of amidine groups is 1. The Labute approximate surface area is 213 Å². The first-order chi connectivity index (χ1) is 17.6. The second kappa shape index (κ2) is 10.9. The number of hydrogen-bond donors (Lipinski definition) is 1. The molecule has 0 radical (unpaired) electrons. The van der Waals surface area contributed by atoms with E-state index < -0.39 is 23.6 Å². The Morgan fingerprint density at radius 1 is 1.30 bits per heavy atom. The number of halogens is 4. The van der Waals surface area contributed by atoms with Gasteiger partial charge in [-0.05, 0) is 37.5 Å². The summed E-state index contributed by atoms with van der Waals surface area (Å²) in [6, 6.07) is 5.11. The zero-order chi connectivity index (χ0) is 26.7. The maximum Gasteiger partial charge on any atom is 0.416 e. The molecule has 3 atom stereocenters. The number of nitrogens with two attached hydrogens (primary N) is 1. The van der Waals surface area contributed by atoms with Crippen molar-refractivity contribution in [1.82, 2.24) is 14.6 Å². The monoisotopic (exact) mass is 518 g/mol. The summed E-state index contributed by atoms with van der Waals surface area (Å²) in [5.74, 6) is 4.99. The van der Waals surface area contributed by atoms with Crippen molar-refractivity contribution >= 4 is 11.7 Å². The molecule has 0 amide bonds. The lowest BCUT2D eigenvalue weighted by atomic mass is 9.86. The fraction of sp³-hybridized carbons (Fsp3) is 0.423. The fourth-order valence-corrected chi connectivity index (χ4v) is 4.89. The maximum atomic E-state index is 15.0. The zero-order valence-electron chi connectivity index (χ0n) is 20.9. The van der Waals surface area contributed by atoms with Gasteiger partial charge in [-0.3, -0.25) is 5.01 Å². The standard InChI is InChI=1S/C26H30F4N6O/c1-16-13-18(33-25(37-3)23(16)35-14-17(2)32-15-35)10-11-22(27)34-24-20(8-6-12-36(24)31)19-7-4-5-9-21(19)26(28,29)30/h4-5,7,9,11,13-16,20,23H,6,8,10,12,31H2,1-3H3/b22-11+,34-24?. The number of ether oxygens (including phenoxy) is 1. The molecule has 2 aromatic rings. The number of imidazole rings is 1. The van der Waals surface area contributed by atoms with E-state index in [0.29, 0.717) is 31.0 Å². The molecule has 1 fully saturated rings. The largest absolute Gasteiger partial charge is 0.483 e. The van der Waals surface area contributed by atoms with E-state index in [2.05, 4.69) is 15.0 Å². The molecule has 3 heterocycles. The van der Waals surface area contributed by atoms with Crippen molar-refractivity contribution in [2.45, 2.75) is 51.2 Å². The van der Waals surface area contributed by atoms with Gasteiger partial charge in [-0.25, -0.2) is 20.8 Å². The van der Waals surface area contributed by atoms with Gasteiger partial charge in [-0.15, -0.1) is 0 Å². The Balaban J connectivity index is 1.57. The van der Waals surface area contributed by atoms with Gasteiger partial charge in [-0.1, -0.05) is 31.2 Å².